The number of thiocarbonyl (C=S) groups is 1. The second kappa shape index (κ2) is 6.85. The van der Waals surface area contributed by atoms with Crippen molar-refractivity contribution in [1.29, 1.82) is 0 Å². The van der Waals surface area contributed by atoms with Gasteiger partial charge in [0.05, 0.1) is 17.3 Å². The number of hydrogen-bond donors (Lipinski definition) is 1. The van der Waals surface area contributed by atoms with Crippen LogP contribution in [0.4, 0.5) is 0 Å². The van der Waals surface area contributed by atoms with E-state index in [1.807, 2.05) is 4.90 Å². The monoisotopic (exact) mass is 295 g/mol. The molecule has 1 aliphatic rings. The number of hydrogen-bond acceptors (Lipinski definition) is 4. The predicted octanol–water partition coefficient (Wildman–Crippen LogP) is 1.49. The van der Waals surface area contributed by atoms with Crippen molar-refractivity contribution in [2.75, 3.05) is 26.2 Å². The zero-order valence-electron chi connectivity index (χ0n) is 11.7. The topological polar surface area (TPSA) is 62.7 Å². The normalized spacial score (nSPS) is 17.9. The van der Waals surface area contributed by atoms with E-state index in [2.05, 4.69) is 11.8 Å². The highest BCUT2D eigenvalue weighted by atomic mass is 32.1. The van der Waals surface area contributed by atoms with E-state index < -0.39 is 0 Å². The Kier molecular flexibility index (Phi) is 5.14. The van der Waals surface area contributed by atoms with E-state index in [0.29, 0.717) is 23.8 Å². The molecule has 1 amide bonds. The lowest BCUT2D eigenvalue weighted by Crippen LogP contribution is -2.54. The molecule has 1 aromatic rings. The van der Waals surface area contributed by atoms with Gasteiger partial charge < -0.3 is 15.1 Å². The molecule has 6 heteroatoms. The minimum absolute atomic E-state index is 0.0444. The molecule has 5 nitrogen and oxygen atoms in total. The number of nitrogens with zero attached hydrogens (tertiary/aromatic N) is 2. The van der Waals surface area contributed by atoms with Gasteiger partial charge in [0.25, 0.3) is 5.91 Å². The first-order valence-corrected chi connectivity index (χ1v) is 7.40. The second-order valence-electron chi connectivity index (χ2n) is 5.01. The summed E-state index contributed by atoms with van der Waals surface area (Å²) in [4.78, 5) is 16.8. The molecule has 1 aromatic heterocycles. The summed E-state index contributed by atoms with van der Waals surface area (Å²) in [5, 5.41) is 0. The minimum atomic E-state index is -0.0444. The first-order valence-electron chi connectivity index (χ1n) is 6.99. The number of carbonyl (C=O) groups excluding carboxylic acids is 1. The Morgan fingerprint density at radius 1 is 1.45 bits per heavy atom. The highest BCUT2D eigenvalue weighted by molar-refractivity contribution is 7.80. The van der Waals surface area contributed by atoms with Gasteiger partial charge in [-0.05, 0) is 18.6 Å². The largest absolute Gasteiger partial charge is 0.459 e. The average Bonchev–Trinajstić information content (AvgIpc) is 2.98. The molecule has 1 fully saturated rings. The lowest BCUT2D eigenvalue weighted by atomic mass is 10.1. The highest BCUT2D eigenvalue weighted by Gasteiger charge is 2.28. The average molecular weight is 295 g/mol. The zero-order valence-corrected chi connectivity index (χ0v) is 12.6. The van der Waals surface area contributed by atoms with E-state index in [1.165, 1.54) is 6.26 Å². The summed E-state index contributed by atoms with van der Waals surface area (Å²) >= 11 is 5.15. The Bertz CT molecular complexity index is 453. The standard InChI is InChI=1S/C14H21N3O2S/c1-2-4-11(13(15)20)16-6-8-17(9-7-16)14(18)12-5-3-10-19-12/h3,5,10-11H,2,4,6-9H2,1H3,(H2,15,20). The summed E-state index contributed by atoms with van der Waals surface area (Å²) in [7, 11) is 0. The summed E-state index contributed by atoms with van der Waals surface area (Å²) in [5.74, 6) is 0.356. The van der Waals surface area contributed by atoms with Crippen molar-refractivity contribution in [3.63, 3.8) is 0 Å². The van der Waals surface area contributed by atoms with Gasteiger partial charge in [0.15, 0.2) is 5.76 Å². The first-order chi connectivity index (χ1) is 9.63. The maximum atomic E-state index is 12.2. The van der Waals surface area contributed by atoms with Gasteiger partial charge >= 0.3 is 0 Å². The van der Waals surface area contributed by atoms with Crippen LogP contribution in [0.15, 0.2) is 22.8 Å². The number of amides is 1. The van der Waals surface area contributed by atoms with Gasteiger partial charge in [-0.15, -0.1) is 0 Å². The lowest BCUT2D eigenvalue weighted by Gasteiger charge is -2.38. The number of furan rings is 1. The third-order valence-electron chi connectivity index (χ3n) is 3.66. The van der Waals surface area contributed by atoms with Crippen LogP contribution < -0.4 is 5.73 Å². The molecule has 0 saturated carbocycles. The van der Waals surface area contributed by atoms with E-state index in [-0.39, 0.29) is 11.9 Å². The molecule has 2 heterocycles. The summed E-state index contributed by atoms with van der Waals surface area (Å²) in [5.41, 5.74) is 5.82. The predicted molar refractivity (Wildman–Crippen MR) is 81.7 cm³/mol. The van der Waals surface area contributed by atoms with Gasteiger partial charge in [0.2, 0.25) is 0 Å². The van der Waals surface area contributed by atoms with E-state index in [9.17, 15) is 4.79 Å². The number of nitrogens with two attached hydrogens (primary N) is 1. The number of rotatable bonds is 5. The van der Waals surface area contributed by atoms with E-state index in [4.69, 9.17) is 22.4 Å². The Hall–Kier alpha value is -1.40. The van der Waals surface area contributed by atoms with Crippen LogP contribution in [0.2, 0.25) is 0 Å². The van der Waals surface area contributed by atoms with Crippen LogP contribution >= 0.6 is 12.2 Å². The van der Waals surface area contributed by atoms with Crippen molar-refractivity contribution in [2.24, 2.45) is 5.73 Å². The van der Waals surface area contributed by atoms with E-state index in [0.717, 1.165) is 25.9 Å². The van der Waals surface area contributed by atoms with Gasteiger partial charge in [-0.25, -0.2) is 0 Å². The molecule has 110 valence electrons. The molecule has 2 N–H and O–H groups in total. The smallest absolute Gasteiger partial charge is 0.289 e. The van der Waals surface area contributed by atoms with Crippen LogP contribution in [0.3, 0.4) is 0 Å². The fraction of sp³-hybridized carbons (Fsp3) is 0.571. The Morgan fingerprint density at radius 3 is 2.65 bits per heavy atom. The summed E-state index contributed by atoms with van der Waals surface area (Å²) in [6.45, 7) is 5.09. The molecule has 0 bridgehead atoms. The van der Waals surface area contributed by atoms with Crippen molar-refractivity contribution in [3.05, 3.63) is 24.2 Å². The van der Waals surface area contributed by atoms with Crippen LogP contribution in [0.25, 0.3) is 0 Å². The molecular weight excluding hydrogens is 274 g/mol. The maximum Gasteiger partial charge on any atom is 0.289 e. The molecule has 20 heavy (non-hydrogen) atoms. The summed E-state index contributed by atoms with van der Waals surface area (Å²) in [6, 6.07) is 3.58. The first kappa shape index (κ1) is 15.0. The minimum Gasteiger partial charge on any atom is -0.459 e. The molecule has 1 saturated heterocycles. The molecule has 0 aromatic carbocycles. The third-order valence-corrected chi connectivity index (χ3v) is 3.94. The fourth-order valence-electron chi connectivity index (χ4n) is 2.57. The molecule has 0 spiro atoms. The third kappa shape index (κ3) is 3.37. The molecule has 1 unspecified atom stereocenters. The second-order valence-corrected chi connectivity index (χ2v) is 5.48. The van der Waals surface area contributed by atoms with Gasteiger partial charge in [-0.1, -0.05) is 25.6 Å². The van der Waals surface area contributed by atoms with Crippen molar-refractivity contribution >= 4 is 23.1 Å². The number of carbonyl (C=O) groups is 1. The Balaban J connectivity index is 1.91. The van der Waals surface area contributed by atoms with Crippen LogP contribution in [0, 0.1) is 0 Å². The molecule has 2 rings (SSSR count). The van der Waals surface area contributed by atoms with Gasteiger partial charge in [0, 0.05) is 26.2 Å². The molecular formula is C14H21N3O2S. The Morgan fingerprint density at radius 2 is 2.15 bits per heavy atom. The van der Waals surface area contributed by atoms with Crippen LogP contribution in [0.5, 0.6) is 0 Å². The van der Waals surface area contributed by atoms with Gasteiger partial charge in [-0.2, -0.15) is 0 Å². The zero-order chi connectivity index (χ0) is 14.5. The summed E-state index contributed by atoms with van der Waals surface area (Å²) in [6.07, 6.45) is 3.54. The van der Waals surface area contributed by atoms with Gasteiger partial charge in [-0.3, -0.25) is 9.69 Å². The van der Waals surface area contributed by atoms with Crippen molar-refractivity contribution in [3.8, 4) is 0 Å². The molecule has 0 radical (unpaired) electrons. The summed E-state index contributed by atoms with van der Waals surface area (Å²) < 4.78 is 5.15. The molecule has 1 aliphatic heterocycles. The van der Waals surface area contributed by atoms with Crippen molar-refractivity contribution in [1.82, 2.24) is 9.80 Å². The SMILES string of the molecule is CCCC(C(N)=S)N1CCN(C(=O)c2ccco2)CC1. The van der Waals surface area contributed by atoms with Crippen LogP contribution in [-0.4, -0.2) is 52.9 Å². The Labute approximate surface area is 124 Å². The quantitative estimate of drug-likeness (QED) is 0.834. The van der Waals surface area contributed by atoms with E-state index in [1.54, 1.807) is 12.1 Å². The van der Waals surface area contributed by atoms with Crippen molar-refractivity contribution < 1.29 is 9.21 Å². The van der Waals surface area contributed by atoms with Crippen LogP contribution in [0.1, 0.15) is 30.3 Å². The van der Waals surface area contributed by atoms with Crippen molar-refractivity contribution in [2.45, 2.75) is 25.8 Å². The molecule has 1 atom stereocenters. The number of piperazine rings is 1. The van der Waals surface area contributed by atoms with Crippen LogP contribution in [-0.2, 0) is 0 Å². The maximum absolute atomic E-state index is 12.2. The fourth-order valence-corrected chi connectivity index (χ4v) is 2.84. The van der Waals surface area contributed by atoms with Gasteiger partial charge in [0.1, 0.15) is 0 Å². The lowest BCUT2D eigenvalue weighted by molar-refractivity contribution is 0.0579. The van der Waals surface area contributed by atoms with E-state index >= 15 is 0 Å². The highest BCUT2D eigenvalue weighted by Crippen LogP contribution is 2.14. The molecule has 0 aliphatic carbocycles.